The fourth-order valence-corrected chi connectivity index (χ4v) is 4.08. The van der Waals surface area contributed by atoms with E-state index in [-0.39, 0.29) is 24.7 Å². The number of carboxylic acids is 1. The van der Waals surface area contributed by atoms with Crippen molar-refractivity contribution in [1.82, 2.24) is 30.5 Å². The Morgan fingerprint density at radius 3 is 1.62 bits per heavy atom. The molecule has 0 unspecified atom stereocenters. The number of hydrogen-bond donors (Lipinski definition) is 2. The lowest BCUT2D eigenvalue weighted by molar-refractivity contribution is -0.136. The number of aromatic nitrogens is 4. The van der Waals surface area contributed by atoms with Crippen molar-refractivity contribution in [3.63, 3.8) is 0 Å². The predicted molar refractivity (Wildman–Crippen MR) is 179 cm³/mol. The molecule has 2 N–H and O–H groups in total. The lowest BCUT2D eigenvalue weighted by atomic mass is 10.1. The maximum Gasteiger partial charge on any atom is 0.307 e. The number of rotatable bonds is 10. The lowest BCUT2D eigenvalue weighted by Crippen LogP contribution is -2.51. The summed E-state index contributed by atoms with van der Waals surface area (Å²) in [6.07, 6.45) is 0.388. The van der Waals surface area contributed by atoms with Gasteiger partial charge in [-0.3, -0.25) is 9.59 Å². The molecule has 2 aromatic carbocycles. The van der Waals surface area contributed by atoms with E-state index in [1.54, 1.807) is 43.0 Å². The van der Waals surface area contributed by atoms with Crippen molar-refractivity contribution in [2.24, 2.45) is 10.3 Å². The minimum atomic E-state index is -0.844. The first-order valence-corrected chi connectivity index (χ1v) is 15.1. The molecule has 256 valence electrons. The molecule has 4 heterocycles. The molecule has 16 heteroatoms. The summed E-state index contributed by atoms with van der Waals surface area (Å²) in [5.74, 6) is 1.34. The van der Waals surface area contributed by atoms with Crippen LogP contribution in [0, 0.1) is 13.8 Å². The van der Waals surface area contributed by atoms with E-state index < -0.39 is 5.97 Å². The molecule has 0 atom stereocenters. The van der Waals surface area contributed by atoms with Gasteiger partial charge in [0.1, 0.15) is 13.2 Å². The second kappa shape index (κ2) is 18.9. The fourth-order valence-electron chi connectivity index (χ4n) is 4.08. The van der Waals surface area contributed by atoms with Crippen molar-refractivity contribution in [1.29, 1.82) is 0 Å². The quantitative estimate of drug-likeness (QED) is 0.230. The first-order chi connectivity index (χ1) is 22.7. The van der Waals surface area contributed by atoms with Gasteiger partial charge < -0.3 is 34.0 Å². The average molecular weight is 683 g/mol. The van der Waals surface area contributed by atoms with Crippen LogP contribution in [0.2, 0.25) is 0 Å². The number of oxime groups is 2. The third-order valence-corrected chi connectivity index (χ3v) is 6.59. The molecule has 15 nitrogen and oxygen atoms in total. The zero-order valence-electron chi connectivity index (χ0n) is 27.2. The van der Waals surface area contributed by atoms with Gasteiger partial charge in [0.25, 0.3) is 0 Å². The summed E-state index contributed by atoms with van der Waals surface area (Å²) in [5, 5.41) is 27.1. The largest absolute Gasteiger partial charge is 0.481 e. The van der Waals surface area contributed by atoms with Crippen LogP contribution in [-0.2, 0) is 32.1 Å². The van der Waals surface area contributed by atoms with E-state index in [2.05, 4.69) is 35.9 Å². The zero-order chi connectivity index (χ0) is 33.6. The third-order valence-electron chi connectivity index (χ3n) is 6.59. The number of nitrogens with zero attached hydrogens (tertiary/aromatic N) is 7. The van der Waals surface area contributed by atoms with Crippen molar-refractivity contribution in [3.8, 4) is 22.8 Å². The number of carboxylic acid groups (broad SMARTS) is 1. The summed E-state index contributed by atoms with van der Waals surface area (Å²) in [6.45, 7) is 11.4. The second-order valence-corrected chi connectivity index (χ2v) is 10.4. The lowest BCUT2D eigenvalue weighted by Gasteiger charge is -2.32. The van der Waals surface area contributed by atoms with E-state index in [1.165, 1.54) is 0 Å². The highest BCUT2D eigenvalue weighted by Crippen LogP contribution is 2.18. The van der Waals surface area contributed by atoms with Crippen LogP contribution in [0.1, 0.15) is 36.8 Å². The Bertz CT molecular complexity index is 1660. The Labute approximate surface area is 283 Å². The van der Waals surface area contributed by atoms with Gasteiger partial charge in [0.05, 0.1) is 37.4 Å². The van der Waals surface area contributed by atoms with Gasteiger partial charge in [-0.05, 0) is 25.0 Å². The molecule has 0 saturated carbocycles. The summed E-state index contributed by atoms with van der Waals surface area (Å²) in [5.41, 5.74) is 5.40. The highest BCUT2D eigenvalue weighted by Gasteiger charge is 2.27. The molecule has 1 amide bonds. The first kappa shape index (κ1) is 37.3. The number of carbonyl (C=O) groups excluding carboxylic acids is 1. The average Bonchev–Trinajstić information content (AvgIpc) is 3.65. The summed E-state index contributed by atoms with van der Waals surface area (Å²) in [4.78, 5) is 42.4. The maximum atomic E-state index is 12.2. The standard InChI is InChI=1S/C16H18N4O3.C11H10N2O3.C5H10N2O.ClH/c1-3-22-18-14-9-20(10-14)15(21)8-12-4-6-13(7-5-12)16-17-11(2)23-19-16;1-7-12-11(13-16-7)9-4-2-8(3-5-9)6-10(14)15;1-2-8-7-5-3-6-4-5;/h4-7H,3,8-10H2,1-2H3;2-5H,6H2,1H3,(H,14,15);6H,2-4H2,1H3;1H. The molecule has 2 fully saturated rings. The topological polar surface area (TPSA) is 191 Å². The number of hydrogen-bond acceptors (Lipinski definition) is 13. The van der Waals surface area contributed by atoms with Crippen LogP contribution < -0.4 is 5.32 Å². The van der Waals surface area contributed by atoms with E-state index in [9.17, 15) is 9.59 Å². The molecular weight excluding hydrogens is 644 g/mol. The Balaban J connectivity index is 0.000000216. The fraction of sp³-hybridized carbons (Fsp3) is 0.375. The molecule has 48 heavy (non-hydrogen) atoms. The van der Waals surface area contributed by atoms with Gasteiger partial charge in [-0.15, -0.1) is 12.4 Å². The van der Waals surface area contributed by atoms with Gasteiger partial charge in [0.2, 0.25) is 29.3 Å². The van der Waals surface area contributed by atoms with Gasteiger partial charge in [-0.1, -0.05) is 69.2 Å². The number of nitrogens with one attached hydrogen (secondary N) is 1. The Kier molecular flexibility index (Phi) is 14.7. The molecule has 4 aromatic rings. The van der Waals surface area contributed by atoms with Gasteiger partial charge in [0, 0.05) is 38.1 Å². The summed E-state index contributed by atoms with van der Waals surface area (Å²) in [6, 6.07) is 14.7. The molecular formula is C32H39ClN8O7. The Morgan fingerprint density at radius 1 is 0.792 bits per heavy atom. The first-order valence-electron chi connectivity index (χ1n) is 15.1. The zero-order valence-corrected chi connectivity index (χ0v) is 28.0. The van der Waals surface area contributed by atoms with Crippen LogP contribution >= 0.6 is 12.4 Å². The molecule has 0 aliphatic carbocycles. The van der Waals surface area contributed by atoms with Crippen molar-refractivity contribution < 1.29 is 33.4 Å². The smallest absolute Gasteiger partial charge is 0.307 e. The minimum absolute atomic E-state index is 0. The SMILES string of the molecule is CCON=C1CN(C(=O)Cc2ccc(-c3noc(C)n3)cc2)C1.CCON=C1CNC1.Cc1nc(-c2ccc(CC(=O)O)cc2)no1.Cl. The minimum Gasteiger partial charge on any atom is -0.481 e. The highest BCUT2D eigenvalue weighted by molar-refractivity contribution is 6.00. The second-order valence-electron chi connectivity index (χ2n) is 10.4. The van der Waals surface area contributed by atoms with Crippen LogP contribution in [0.3, 0.4) is 0 Å². The molecule has 6 rings (SSSR count). The van der Waals surface area contributed by atoms with Gasteiger partial charge in [-0.2, -0.15) is 9.97 Å². The predicted octanol–water partition coefficient (Wildman–Crippen LogP) is 3.90. The van der Waals surface area contributed by atoms with Crippen molar-refractivity contribution >= 4 is 35.7 Å². The molecule has 2 aromatic heterocycles. The van der Waals surface area contributed by atoms with Gasteiger partial charge in [-0.25, -0.2) is 0 Å². The van der Waals surface area contributed by atoms with Crippen LogP contribution in [0.25, 0.3) is 22.8 Å². The Hall–Kier alpha value is -5.15. The van der Waals surface area contributed by atoms with Crippen LogP contribution in [0.4, 0.5) is 0 Å². The van der Waals surface area contributed by atoms with E-state index in [0.29, 0.717) is 56.2 Å². The highest BCUT2D eigenvalue weighted by atomic mass is 35.5. The number of benzene rings is 2. The summed E-state index contributed by atoms with van der Waals surface area (Å²) in [7, 11) is 0. The van der Waals surface area contributed by atoms with Crippen molar-refractivity contribution in [3.05, 3.63) is 71.4 Å². The normalized spacial score (nSPS) is 12.9. The van der Waals surface area contributed by atoms with Crippen LogP contribution in [-0.4, -0.2) is 93.0 Å². The number of likely N-dealkylation sites (tertiary alicyclic amines) is 1. The number of carbonyl (C=O) groups is 2. The molecule has 2 aliphatic rings. The molecule has 2 saturated heterocycles. The van der Waals surface area contributed by atoms with Gasteiger partial charge >= 0.3 is 5.97 Å². The number of aliphatic carboxylic acids is 1. The number of halogens is 1. The van der Waals surface area contributed by atoms with Crippen LogP contribution in [0.15, 0.2) is 67.9 Å². The molecule has 2 aliphatic heterocycles. The summed E-state index contributed by atoms with van der Waals surface area (Å²) < 4.78 is 9.82. The Morgan fingerprint density at radius 2 is 1.25 bits per heavy atom. The van der Waals surface area contributed by atoms with E-state index in [0.717, 1.165) is 46.8 Å². The monoisotopic (exact) mass is 682 g/mol. The van der Waals surface area contributed by atoms with E-state index in [1.807, 2.05) is 38.1 Å². The van der Waals surface area contributed by atoms with Crippen molar-refractivity contribution in [2.45, 2.75) is 40.5 Å². The van der Waals surface area contributed by atoms with E-state index in [4.69, 9.17) is 23.8 Å². The van der Waals surface area contributed by atoms with Gasteiger partial charge in [0.15, 0.2) is 0 Å². The number of aryl methyl sites for hydroxylation is 2. The van der Waals surface area contributed by atoms with Crippen LogP contribution in [0.5, 0.6) is 0 Å². The third kappa shape index (κ3) is 11.6. The van der Waals surface area contributed by atoms with Crippen molar-refractivity contribution in [2.75, 3.05) is 39.4 Å². The van der Waals surface area contributed by atoms with E-state index >= 15 is 0 Å². The maximum absolute atomic E-state index is 12.2. The molecule has 0 spiro atoms. The molecule has 0 radical (unpaired) electrons. The molecule has 0 bridgehead atoms. The number of amides is 1. The summed E-state index contributed by atoms with van der Waals surface area (Å²) >= 11 is 0.